The third-order valence-electron chi connectivity index (χ3n) is 2.33. The highest BCUT2D eigenvalue weighted by molar-refractivity contribution is 5.77. The van der Waals surface area contributed by atoms with E-state index in [1.165, 1.54) is 0 Å². The van der Waals surface area contributed by atoms with Crippen molar-refractivity contribution in [2.24, 2.45) is 0 Å². The molecule has 0 saturated heterocycles. The zero-order chi connectivity index (χ0) is 13.2. The Morgan fingerprint density at radius 2 is 2.11 bits per heavy atom. The molecule has 100 valence electrons. The fourth-order valence-electron chi connectivity index (χ4n) is 1.40. The number of ether oxygens (including phenoxy) is 2. The molecule has 1 aromatic rings. The average Bonchev–Trinajstić information content (AvgIpc) is 2.41. The van der Waals surface area contributed by atoms with Crippen LogP contribution in [-0.4, -0.2) is 37.9 Å². The van der Waals surface area contributed by atoms with Crippen molar-refractivity contribution in [1.29, 1.82) is 0 Å². The van der Waals surface area contributed by atoms with Gasteiger partial charge in [0.1, 0.15) is 6.61 Å². The molecule has 0 atom stereocenters. The van der Waals surface area contributed by atoms with Gasteiger partial charge in [0.25, 0.3) is 0 Å². The van der Waals surface area contributed by atoms with Gasteiger partial charge in [0.05, 0.1) is 19.8 Å². The lowest BCUT2D eigenvalue weighted by molar-refractivity contribution is -0.126. The molecule has 2 N–H and O–H groups in total. The Morgan fingerprint density at radius 1 is 1.33 bits per heavy atom. The standard InChI is InChI=1S/C13H19NO4/c1-17-5-6-18-10-13(16)14-8-11-3-2-4-12(7-11)9-15/h2-4,7,15H,5-6,8-10H2,1H3,(H,14,16). The molecule has 0 aliphatic rings. The van der Waals surface area contributed by atoms with E-state index in [1.807, 2.05) is 24.3 Å². The number of carbonyl (C=O) groups excluding carboxylic acids is 1. The summed E-state index contributed by atoms with van der Waals surface area (Å²) < 4.78 is 9.89. The molecule has 18 heavy (non-hydrogen) atoms. The van der Waals surface area contributed by atoms with Crippen LogP contribution in [0.25, 0.3) is 0 Å². The maximum atomic E-state index is 11.4. The molecule has 0 bridgehead atoms. The third kappa shape index (κ3) is 5.77. The van der Waals surface area contributed by atoms with Crippen molar-refractivity contribution >= 4 is 5.91 Å². The number of nitrogens with one attached hydrogen (secondary N) is 1. The largest absolute Gasteiger partial charge is 0.392 e. The Bertz CT molecular complexity index is 368. The van der Waals surface area contributed by atoms with Gasteiger partial charge in [-0.3, -0.25) is 4.79 Å². The van der Waals surface area contributed by atoms with Crippen molar-refractivity contribution in [3.63, 3.8) is 0 Å². The van der Waals surface area contributed by atoms with Gasteiger partial charge in [0, 0.05) is 13.7 Å². The molecule has 0 aromatic heterocycles. The second kappa shape index (κ2) is 8.63. The van der Waals surface area contributed by atoms with Crippen LogP contribution in [0.3, 0.4) is 0 Å². The number of hydrogen-bond acceptors (Lipinski definition) is 4. The van der Waals surface area contributed by atoms with E-state index in [0.29, 0.717) is 19.8 Å². The first-order valence-corrected chi connectivity index (χ1v) is 5.78. The SMILES string of the molecule is COCCOCC(=O)NCc1cccc(CO)c1. The second-order valence-corrected chi connectivity index (χ2v) is 3.80. The highest BCUT2D eigenvalue weighted by Crippen LogP contribution is 2.04. The smallest absolute Gasteiger partial charge is 0.246 e. The van der Waals surface area contributed by atoms with Gasteiger partial charge in [-0.2, -0.15) is 0 Å². The van der Waals surface area contributed by atoms with E-state index in [2.05, 4.69) is 5.32 Å². The summed E-state index contributed by atoms with van der Waals surface area (Å²) in [6.45, 7) is 1.35. The Morgan fingerprint density at radius 3 is 2.83 bits per heavy atom. The third-order valence-corrected chi connectivity index (χ3v) is 2.33. The first kappa shape index (κ1) is 14.6. The Balaban J connectivity index is 2.24. The highest BCUT2D eigenvalue weighted by Gasteiger charge is 2.01. The summed E-state index contributed by atoms with van der Waals surface area (Å²) in [5.74, 6) is -0.166. The average molecular weight is 253 g/mol. The summed E-state index contributed by atoms with van der Waals surface area (Å²) in [7, 11) is 1.58. The minimum atomic E-state index is -0.166. The predicted octanol–water partition coefficient (Wildman–Crippen LogP) is 0.458. The molecule has 0 unspecified atom stereocenters. The maximum absolute atomic E-state index is 11.4. The number of amides is 1. The zero-order valence-electron chi connectivity index (χ0n) is 10.5. The highest BCUT2D eigenvalue weighted by atomic mass is 16.5. The van der Waals surface area contributed by atoms with E-state index in [0.717, 1.165) is 11.1 Å². The summed E-state index contributed by atoms with van der Waals surface area (Å²) in [4.78, 5) is 11.4. The molecule has 0 heterocycles. The van der Waals surface area contributed by atoms with Crippen molar-refractivity contribution in [3.05, 3.63) is 35.4 Å². The summed E-state index contributed by atoms with van der Waals surface area (Å²) in [5.41, 5.74) is 1.78. The van der Waals surface area contributed by atoms with Gasteiger partial charge >= 0.3 is 0 Å². The molecule has 5 heteroatoms. The Hall–Kier alpha value is -1.43. The van der Waals surface area contributed by atoms with Crippen LogP contribution < -0.4 is 5.32 Å². The maximum Gasteiger partial charge on any atom is 0.246 e. The lowest BCUT2D eigenvalue weighted by Gasteiger charge is -2.07. The lowest BCUT2D eigenvalue weighted by atomic mass is 10.1. The van der Waals surface area contributed by atoms with E-state index in [1.54, 1.807) is 7.11 Å². The number of aliphatic hydroxyl groups excluding tert-OH is 1. The molecule has 0 aliphatic carbocycles. The fraction of sp³-hybridized carbons (Fsp3) is 0.462. The van der Waals surface area contributed by atoms with Crippen molar-refractivity contribution in [3.8, 4) is 0 Å². The fourth-order valence-corrected chi connectivity index (χ4v) is 1.40. The van der Waals surface area contributed by atoms with Crippen LogP contribution in [0.15, 0.2) is 24.3 Å². The molecular weight excluding hydrogens is 234 g/mol. The molecular formula is C13H19NO4. The van der Waals surface area contributed by atoms with E-state index in [4.69, 9.17) is 14.6 Å². The van der Waals surface area contributed by atoms with Crippen LogP contribution >= 0.6 is 0 Å². The van der Waals surface area contributed by atoms with Crippen molar-refractivity contribution < 1.29 is 19.4 Å². The van der Waals surface area contributed by atoms with Crippen molar-refractivity contribution in [1.82, 2.24) is 5.32 Å². The van der Waals surface area contributed by atoms with Gasteiger partial charge < -0.3 is 19.9 Å². The van der Waals surface area contributed by atoms with Gasteiger partial charge in [-0.15, -0.1) is 0 Å². The minimum absolute atomic E-state index is 0.00190. The molecule has 1 aromatic carbocycles. The molecule has 1 amide bonds. The molecule has 0 saturated carbocycles. The van der Waals surface area contributed by atoms with E-state index in [9.17, 15) is 4.79 Å². The van der Waals surface area contributed by atoms with Gasteiger partial charge in [0.2, 0.25) is 5.91 Å². The number of methoxy groups -OCH3 is 1. The molecule has 5 nitrogen and oxygen atoms in total. The zero-order valence-corrected chi connectivity index (χ0v) is 10.5. The van der Waals surface area contributed by atoms with Crippen molar-refractivity contribution in [2.75, 3.05) is 26.9 Å². The first-order valence-electron chi connectivity index (χ1n) is 5.78. The van der Waals surface area contributed by atoms with Crippen molar-refractivity contribution in [2.45, 2.75) is 13.2 Å². The van der Waals surface area contributed by atoms with E-state index >= 15 is 0 Å². The van der Waals surface area contributed by atoms with Gasteiger partial charge in [-0.05, 0) is 11.1 Å². The van der Waals surface area contributed by atoms with Crippen LogP contribution in [0.4, 0.5) is 0 Å². The number of carbonyl (C=O) groups is 1. The van der Waals surface area contributed by atoms with E-state index in [-0.39, 0.29) is 19.1 Å². The van der Waals surface area contributed by atoms with Crippen LogP contribution in [0.2, 0.25) is 0 Å². The monoisotopic (exact) mass is 253 g/mol. The van der Waals surface area contributed by atoms with Gasteiger partial charge in [-0.25, -0.2) is 0 Å². The molecule has 0 aliphatic heterocycles. The summed E-state index contributed by atoms with van der Waals surface area (Å²) in [5, 5.41) is 11.7. The van der Waals surface area contributed by atoms with Gasteiger partial charge in [0.15, 0.2) is 0 Å². The van der Waals surface area contributed by atoms with Gasteiger partial charge in [-0.1, -0.05) is 24.3 Å². The summed E-state index contributed by atoms with van der Waals surface area (Å²) in [6.07, 6.45) is 0. The first-order chi connectivity index (χ1) is 8.76. The summed E-state index contributed by atoms with van der Waals surface area (Å²) in [6, 6.07) is 7.43. The van der Waals surface area contributed by atoms with Crippen LogP contribution in [0, 0.1) is 0 Å². The molecule has 0 radical (unpaired) electrons. The quantitative estimate of drug-likeness (QED) is 0.660. The van der Waals surface area contributed by atoms with Crippen LogP contribution in [-0.2, 0) is 27.4 Å². The summed E-state index contributed by atoms with van der Waals surface area (Å²) >= 11 is 0. The molecule has 0 fully saturated rings. The number of rotatable bonds is 8. The normalized spacial score (nSPS) is 10.3. The number of hydrogen-bond donors (Lipinski definition) is 2. The van der Waals surface area contributed by atoms with Crippen LogP contribution in [0.5, 0.6) is 0 Å². The number of benzene rings is 1. The number of aliphatic hydroxyl groups is 1. The molecule has 1 rings (SSSR count). The lowest BCUT2D eigenvalue weighted by Crippen LogP contribution is -2.27. The Labute approximate surface area is 107 Å². The second-order valence-electron chi connectivity index (χ2n) is 3.80. The predicted molar refractivity (Wildman–Crippen MR) is 66.9 cm³/mol. The Kier molecular flexibility index (Phi) is 7.01. The molecule has 0 spiro atoms. The van der Waals surface area contributed by atoms with Crippen LogP contribution in [0.1, 0.15) is 11.1 Å². The minimum Gasteiger partial charge on any atom is -0.392 e. The van der Waals surface area contributed by atoms with E-state index < -0.39 is 0 Å². The topological polar surface area (TPSA) is 67.8 Å².